The maximum Gasteiger partial charge on any atom is 0.343 e. The van der Waals surface area contributed by atoms with E-state index in [1.807, 2.05) is 25.1 Å². The average molecular weight is 471 g/mol. The van der Waals surface area contributed by atoms with E-state index >= 15 is 0 Å². The minimum absolute atomic E-state index is 0.0113. The maximum absolute atomic E-state index is 14.1. The summed E-state index contributed by atoms with van der Waals surface area (Å²) in [5, 5.41) is 0. The number of hydrogen-bond donors (Lipinski definition) is 0. The van der Waals surface area contributed by atoms with Crippen LogP contribution in [0.2, 0.25) is 0 Å². The van der Waals surface area contributed by atoms with Gasteiger partial charge >= 0.3 is 5.97 Å². The van der Waals surface area contributed by atoms with Crippen molar-refractivity contribution in [2.45, 2.75) is 39.0 Å². The highest BCUT2D eigenvalue weighted by atomic mass is 19.1. The van der Waals surface area contributed by atoms with Gasteiger partial charge in [-0.3, -0.25) is 0 Å². The van der Waals surface area contributed by atoms with Crippen LogP contribution in [0.1, 0.15) is 53.2 Å². The van der Waals surface area contributed by atoms with E-state index in [1.54, 1.807) is 12.1 Å². The highest BCUT2D eigenvalue weighted by Gasteiger charge is 2.15. The van der Waals surface area contributed by atoms with Gasteiger partial charge in [-0.2, -0.15) is 0 Å². The molecule has 4 heteroatoms. The molecule has 178 valence electrons. The molecule has 4 rings (SSSR count). The van der Waals surface area contributed by atoms with Crippen LogP contribution in [0.5, 0.6) is 5.75 Å². The summed E-state index contributed by atoms with van der Waals surface area (Å²) in [5.74, 6) is -1.78. The molecule has 1 unspecified atom stereocenters. The molecule has 0 spiro atoms. The Hall–Kier alpha value is -3.79. The summed E-state index contributed by atoms with van der Waals surface area (Å²) >= 11 is 0. The summed E-state index contributed by atoms with van der Waals surface area (Å²) in [6, 6.07) is 28.0. The Bertz CT molecular complexity index is 1260. The summed E-state index contributed by atoms with van der Waals surface area (Å²) in [5.41, 5.74) is 4.90. The Morgan fingerprint density at radius 1 is 0.829 bits per heavy atom. The van der Waals surface area contributed by atoms with Crippen LogP contribution in [0.25, 0.3) is 11.1 Å². The zero-order valence-electron chi connectivity index (χ0n) is 19.9. The van der Waals surface area contributed by atoms with Crippen LogP contribution in [0.15, 0.2) is 91.0 Å². The highest BCUT2D eigenvalue weighted by Crippen LogP contribution is 2.26. The third-order valence-corrected chi connectivity index (χ3v) is 6.14. The first-order valence-corrected chi connectivity index (χ1v) is 11.9. The Balaban J connectivity index is 1.41. The van der Waals surface area contributed by atoms with Gasteiger partial charge in [0.2, 0.25) is 0 Å². The molecule has 4 aromatic rings. The lowest BCUT2D eigenvalue weighted by Crippen LogP contribution is -2.09. The molecular weight excluding hydrogens is 442 g/mol. The Morgan fingerprint density at radius 3 is 1.97 bits per heavy atom. The number of ether oxygens (including phenoxy) is 1. The smallest absolute Gasteiger partial charge is 0.343 e. The van der Waals surface area contributed by atoms with Crippen molar-refractivity contribution in [1.29, 1.82) is 0 Å². The van der Waals surface area contributed by atoms with Crippen molar-refractivity contribution in [1.82, 2.24) is 0 Å². The summed E-state index contributed by atoms with van der Waals surface area (Å²) in [7, 11) is 0. The predicted molar refractivity (Wildman–Crippen MR) is 136 cm³/mol. The Kier molecular flexibility index (Phi) is 7.71. The van der Waals surface area contributed by atoms with Crippen LogP contribution in [-0.2, 0) is 12.8 Å². The fraction of sp³-hybridized carbons (Fsp3) is 0.194. The maximum atomic E-state index is 14.1. The van der Waals surface area contributed by atoms with E-state index in [0.29, 0.717) is 24.3 Å². The molecule has 2 nitrogen and oxygen atoms in total. The van der Waals surface area contributed by atoms with Crippen LogP contribution in [-0.4, -0.2) is 5.97 Å². The molecule has 0 aliphatic heterocycles. The normalized spacial score (nSPS) is 11.8. The van der Waals surface area contributed by atoms with Gasteiger partial charge in [-0.05, 0) is 53.1 Å². The Labute approximate surface area is 205 Å². The van der Waals surface area contributed by atoms with E-state index in [2.05, 4.69) is 55.5 Å². The number of carbonyl (C=O) groups excluding carboxylic acids is 1. The van der Waals surface area contributed by atoms with Crippen molar-refractivity contribution in [3.8, 4) is 16.9 Å². The second kappa shape index (κ2) is 11.1. The van der Waals surface area contributed by atoms with Gasteiger partial charge in [0.25, 0.3) is 0 Å². The molecule has 0 radical (unpaired) electrons. The number of hydrogen-bond acceptors (Lipinski definition) is 2. The first-order chi connectivity index (χ1) is 16.9. The third kappa shape index (κ3) is 6.02. The van der Waals surface area contributed by atoms with Crippen LogP contribution in [0.3, 0.4) is 0 Å². The van der Waals surface area contributed by atoms with Crippen LogP contribution in [0.4, 0.5) is 8.78 Å². The van der Waals surface area contributed by atoms with E-state index in [-0.39, 0.29) is 11.3 Å². The van der Waals surface area contributed by atoms with Gasteiger partial charge in [-0.25, -0.2) is 13.6 Å². The lowest BCUT2D eigenvalue weighted by Gasteiger charge is -2.12. The molecule has 0 aliphatic carbocycles. The van der Waals surface area contributed by atoms with E-state index in [1.165, 1.54) is 11.1 Å². The van der Waals surface area contributed by atoms with Crippen molar-refractivity contribution in [2.75, 3.05) is 0 Å². The zero-order valence-corrected chi connectivity index (χ0v) is 19.9. The molecular formula is C31H28F2O2. The third-order valence-electron chi connectivity index (χ3n) is 6.14. The number of carbonyl (C=O) groups is 1. The minimum atomic E-state index is -0.702. The molecule has 0 saturated heterocycles. The topological polar surface area (TPSA) is 26.3 Å². The van der Waals surface area contributed by atoms with Crippen molar-refractivity contribution >= 4 is 5.97 Å². The first-order valence-electron chi connectivity index (χ1n) is 11.9. The number of halogens is 2. The van der Waals surface area contributed by atoms with Gasteiger partial charge < -0.3 is 4.74 Å². The molecule has 0 heterocycles. The van der Waals surface area contributed by atoms with E-state index in [0.717, 1.165) is 29.7 Å². The predicted octanol–water partition coefficient (Wildman–Crippen LogP) is 8.15. The number of rotatable bonds is 8. The minimum Gasteiger partial charge on any atom is -0.423 e. The van der Waals surface area contributed by atoms with Gasteiger partial charge in [0, 0.05) is 17.7 Å². The monoisotopic (exact) mass is 470 g/mol. The van der Waals surface area contributed by atoms with E-state index in [4.69, 9.17) is 4.74 Å². The molecule has 0 amide bonds. The highest BCUT2D eigenvalue weighted by molar-refractivity contribution is 5.91. The van der Waals surface area contributed by atoms with Crippen LogP contribution in [0, 0.1) is 11.6 Å². The lowest BCUT2D eigenvalue weighted by atomic mass is 9.93. The fourth-order valence-electron chi connectivity index (χ4n) is 4.18. The molecule has 0 aromatic heterocycles. The SMILES string of the molecule is CCCc1c(F)cc(OC(=O)c2ccc(-c3ccc(CC(C)c4ccccc4)cc3)cc2)cc1F. The van der Waals surface area contributed by atoms with Gasteiger partial charge in [0.15, 0.2) is 0 Å². The molecule has 0 saturated carbocycles. The summed E-state index contributed by atoms with van der Waals surface area (Å²) in [4.78, 5) is 12.5. The second-order valence-corrected chi connectivity index (χ2v) is 8.80. The van der Waals surface area contributed by atoms with Gasteiger partial charge in [0.1, 0.15) is 17.4 Å². The average Bonchev–Trinajstić information content (AvgIpc) is 2.87. The molecule has 0 N–H and O–H groups in total. The second-order valence-electron chi connectivity index (χ2n) is 8.80. The van der Waals surface area contributed by atoms with Gasteiger partial charge in [0.05, 0.1) is 5.56 Å². The zero-order chi connectivity index (χ0) is 24.8. The van der Waals surface area contributed by atoms with Crippen molar-refractivity contribution in [2.24, 2.45) is 0 Å². The van der Waals surface area contributed by atoms with Crippen LogP contribution < -0.4 is 4.74 Å². The quantitative estimate of drug-likeness (QED) is 0.192. The van der Waals surface area contributed by atoms with E-state index < -0.39 is 17.6 Å². The van der Waals surface area contributed by atoms with Gasteiger partial charge in [-0.15, -0.1) is 0 Å². The fourth-order valence-corrected chi connectivity index (χ4v) is 4.18. The summed E-state index contributed by atoms with van der Waals surface area (Å²) < 4.78 is 33.5. The summed E-state index contributed by atoms with van der Waals surface area (Å²) in [6.45, 7) is 4.07. The molecule has 0 aliphatic rings. The molecule has 0 bridgehead atoms. The number of benzene rings is 4. The standard InChI is InChI=1S/C31H28F2O2/c1-3-7-28-29(32)19-27(20-30(28)33)35-31(34)26-16-14-25(15-17-26)24-12-10-22(11-13-24)18-21(2)23-8-5-4-6-9-23/h4-6,8-17,19-21H,3,7,18H2,1-2H3. The van der Waals surface area contributed by atoms with Crippen molar-refractivity contribution in [3.05, 3.63) is 125 Å². The van der Waals surface area contributed by atoms with Crippen LogP contribution >= 0.6 is 0 Å². The summed E-state index contributed by atoms with van der Waals surface area (Å²) in [6.07, 6.45) is 1.87. The lowest BCUT2D eigenvalue weighted by molar-refractivity contribution is 0.0734. The van der Waals surface area contributed by atoms with Gasteiger partial charge in [-0.1, -0.05) is 87.0 Å². The molecule has 35 heavy (non-hydrogen) atoms. The molecule has 1 atom stereocenters. The Morgan fingerprint density at radius 2 is 1.40 bits per heavy atom. The first kappa shape index (κ1) is 24.3. The van der Waals surface area contributed by atoms with E-state index in [9.17, 15) is 13.6 Å². The van der Waals surface area contributed by atoms with Crippen molar-refractivity contribution in [3.63, 3.8) is 0 Å². The molecule has 0 fully saturated rings. The largest absolute Gasteiger partial charge is 0.423 e. The van der Waals surface area contributed by atoms with Crippen molar-refractivity contribution < 1.29 is 18.3 Å². The molecule has 4 aromatic carbocycles. The number of esters is 1.